The lowest BCUT2D eigenvalue weighted by atomic mass is 10.7. The lowest BCUT2D eigenvalue weighted by molar-refractivity contribution is 0.291. The van der Waals surface area contributed by atoms with E-state index in [2.05, 4.69) is 20.9 Å². The number of halogens is 1. The Hall–Kier alpha value is -0.310. The molecule has 0 aromatic heterocycles. The average molecular weight is 162 g/mol. The van der Waals surface area contributed by atoms with Crippen molar-refractivity contribution in [1.29, 1.82) is 0 Å². The Morgan fingerprint density at radius 3 is 3.00 bits per heavy atom. The highest BCUT2D eigenvalue weighted by atomic mass is 79.9. The minimum Gasteiger partial charge on any atom is -0.480 e. The molecule has 0 fully saturated rings. The first-order valence-electron chi connectivity index (χ1n) is 1.90. The van der Waals surface area contributed by atoms with E-state index in [4.69, 9.17) is 4.74 Å². The summed E-state index contributed by atoms with van der Waals surface area (Å²) >= 11 is 3.11. The Morgan fingerprint density at radius 2 is 2.71 bits per heavy atom. The van der Waals surface area contributed by atoms with Crippen LogP contribution in [0.25, 0.3) is 0 Å². The standard InChI is InChI=1S/C4H4BrNO/c5-4-3-6-1-2-7-4/h1,3H,2H2. The van der Waals surface area contributed by atoms with Crippen LogP contribution in [0.1, 0.15) is 0 Å². The molecule has 0 saturated heterocycles. The highest BCUT2D eigenvalue weighted by molar-refractivity contribution is 9.11. The zero-order chi connectivity index (χ0) is 5.11. The normalized spacial score (nSPS) is 18.1. The second kappa shape index (κ2) is 2.12. The van der Waals surface area contributed by atoms with Crippen molar-refractivity contribution in [2.75, 3.05) is 6.61 Å². The van der Waals surface area contributed by atoms with Gasteiger partial charge in [0.25, 0.3) is 0 Å². The summed E-state index contributed by atoms with van der Waals surface area (Å²) in [5.41, 5.74) is 0. The van der Waals surface area contributed by atoms with Gasteiger partial charge in [-0.15, -0.1) is 0 Å². The quantitative estimate of drug-likeness (QED) is 0.525. The molecule has 3 heteroatoms. The summed E-state index contributed by atoms with van der Waals surface area (Å²) in [5.74, 6) is 0. The third kappa shape index (κ3) is 1.31. The first kappa shape index (κ1) is 4.84. The fourth-order valence-corrected chi connectivity index (χ4v) is 0.559. The summed E-state index contributed by atoms with van der Waals surface area (Å²) in [6.45, 7) is 0.580. The molecule has 1 rings (SSSR count). The van der Waals surface area contributed by atoms with Gasteiger partial charge < -0.3 is 4.74 Å². The lowest BCUT2D eigenvalue weighted by Crippen LogP contribution is -1.94. The fraction of sp³-hybridized carbons (Fsp3) is 0.250. The van der Waals surface area contributed by atoms with Crippen molar-refractivity contribution in [3.05, 3.63) is 10.9 Å². The van der Waals surface area contributed by atoms with E-state index in [1.807, 2.05) is 0 Å². The fourth-order valence-electron chi connectivity index (χ4n) is 0.308. The molecule has 1 aliphatic rings. The first-order valence-corrected chi connectivity index (χ1v) is 2.69. The largest absolute Gasteiger partial charge is 0.480 e. The average Bonchev–Trinajstić information content (AvgIpc) is 1.69. The Bertz CT molecular complexity index is 119. The van der Waals surface area contributed by atoms with Gasteiger partial charge in [0.1, 0.15) is 6.61 Å². The van der Waals surface area contributed by atoms with Gasteiger partial charge in [0, 0.05) is 6.21 Å². The van der Waals surface area contributed by atoms with Crippen molar-refractivity contribution in [3.63, 3.8) is 0 Å². The van der Waals surface area contributed by atoms with Gasteiger partial charge in [0.05, 0.1) is 6.20 Å². The van der Waals surface area contributed by atoms with E-state index in [-0.39, 0.29) is 0 Å². The summed E-state index contributed by atoms with van der Waals surface area (Å²) < 4.78 is 5.61. The van der Waals surface area contributed by atoms with Gasteiger partial charge >= 0.3 is 0 Å². The highest BCUT2D eigenvalue weighted by Gasteiger charge is 1.91. The second-order valence-electron chi connectivity index (χ2n) is 1.08. The third-order valence-electron chi connectivity index (χ3n) is 0.577. The zero-order valence-electron chi connectivity index (χ0n) is 3.60. The molecule has 0 radical (unpaired) electrons. The van der Waals surface area contributed by atoms with Crippen molar-refractivity contribution < 1.29 is 4.74 Å². The van der Waals surface area contributed by atoms with Crippen molar-refractivity contribution in [1.82, 2.24) is 0 Å². The predicted molar refractivity (Wildman–Crippen MR) is 31.5 cm³/mol. The predicted octanol–water partition coefficient (Wildman–Crippen LogP) is 1.28. The van der Waals surface area contributed by atoms with Gasteiger partial charge in [-0.05, 0) is 15.9 Å². The van der Waals surface area contributed by atoms with Gasteiger partial charge in [0.2, 0.25) is 0 Å². The Balaban J connectivity index is 2.57. The second-order valence-corrected chi connectivity index (χ2v) is 1.86. The zero-order valence-corrected chi connectivity index (χ0v) is 5.18. The maximum absolute atomic E-state index is 4.91. The van der Waals surface area contributed by atoms with Crippen LogP contribution in [0.5, 0.6) is 0 Å². The van der Waals surface area contributed by atoms with Crippen LogP contribution in [0.3, 0.4) is 0 Å². The molecule has 38 valence electrons. The van der Waals surface area contributed by atoms with Crippen LogP contribution in [0, 0.1) is 0 Å². The van der Waals surface area contributed by atoms with E-state index in [1.54, 1.807) is 12.4 Å². The Kier molecular flexibility index (Phi) is 1.46. The molecular formula is C4H4BrNO. The molecule has 0 bridgehead atoms. The van der Waals surface area contributed by atoms with E-state index >= 15 is 0 Å². The van der Waals surface area contributed by atoms with E-state index in [0.717, 1.165) is 0 Å². The van der Waals surface area contributed by atoms with Gasteiger partial charge in [-0.25, -0.2) is 0 Å². The third-order valence-corrected chi connectivity index (χ3v) is 1.01. The smallest absolute Gasteiger partial charge is 0.180 e. The topological polar surface area (TPSA) is 21.6 Å². The molecule has 0 aliphatic carbocycles. The summed E-state index contributed by atoms with van der Waals surface area (Å²) in [6.07, 6.45) is 3.31. The van der Waals surface area contributed by atoms with Crippen molar-refractivity contribution in [3.8, 4) is 0 Å². The molecule has 0 N–H and O–H groups in total. The van der Waals surface area contributed by atoms with Gasteiger partial charge in [-0.1, -0.05) is 0 Å². The molecule has 0 amide bonds. The number of ether oxygens (including phenoxy) is 1. The SMILES string of the molecule is BrC1=CN=CCO1. The van der Waals surface area contributed by atoms with Crippen molar-refractivity contribution in [2.24, 2.45) is 4.99 Å². The van der Waals surface area contributed by atoms with E-state index in [0.29, 0.717) is 11.3 Å². The molecule has 0 aromatic rings. The molecule has 7 heavy (non-hydrogen) atoms. The van der Waals surface area contributed by atoms with Gasteiger partial charge in [-0.3, -0.25) is 4.99 Å². The molecule has 0 unspecified atom stereocenters. The molecule has 2 nitrogen and oxygen atoms in total. The molecular weight excluding hydrogens is 158 g/mol. The van der Waals surface area contributed by atoms with E-state index in [1.165, 1.54) is 0 Å². The van der Waals surface area contributed by atoms with Crippen LogP contribution in [0.4, 0.5) is 0 Å². The first-order chi connectivity index (χ1) is 3.39. The number of hydrogen-bond acceptors (Lipinski definition) is 2. The van der Waals surface area contributed by atoms with Crippen LogP contribution >= 0.6 is 15.9 Å². The van der Waals surface area contributed by atoms with Gasteiger partial charge in [0.15, 0.2) is 4.67 Å². The highest BCUT2D eigenvalue weighted by Crippen LogP contribution is 2.07. The molecule has 0 aromatic carbocycles. The van der Waals surface area contributed by atoms with Crippen LogP contribution in [0.2, 0.25) is 0 Å². The number of hydrogen-bond donors (Lipinski definition) is 0. The van der Waals surface area contributed by atoms with Crippen molar-refractivity contribution in [2.45, 2.75) is 0 Å². The lowest BCUT2D eigenvalue weighted by Gasteiger charge is -2.01. The van der Waals surface area contributed by atoms with Gasteiger partial charge in [-0.2, -0.15) is 0 Å². The van der Waals surface area contributed by atoms with Crippen LogP contribution in [0.15, 0.2) is 15.9 Å². The maximum Gasteiger partial charge on any atom is 0.180 e. The minimum absolute atomic E-state index is 0.580. The number of rotatable bonds is 0. The monoisotopic (exact) mass is 161 g/mol. The van der Waals surface area contributed by atoms with E-state index < -0.39 is 0 Å². The summed E-state index contributed by atoms with van der Waals surface area (Å²) in [6, 6.07) is 0. The number of nitrogens with zero attached hydrogens (tertiary/aromatic N) is 1. The van der Waals surface area contributed by atoms with Crippen LogP contribution in [-0.2, 0) is 4.74 Å². The maximum atomic E-state index is 4.91. The minimum atomic E-state index is 0.580. The molecule has 1 heterocycles. The number of aliphatic imine (C=N–C) groups is 1. The van der Waals surface area contributed by atoms with E-state index in [9.17, 15) is 0 Å². The molecule has 0 saturated carbocycles. The van der Waals surface area contributed by atoms with Crippen LogP contribution in [-0.4, -0.2) is 12.8 Å². The van der Waals surface area contributed by atoms with Crippen LogP contribution < -0.4 is 0 Å². The molecule has 1 aliphatic heterocycles. The summed E-state index contributed by atoms with van der Waals surface area (Å²) in [7, 11) is 0. The van der Waals surface area contributed by atoms with Crippen molar-refractivity contribution >= 4 is 22.1 Å². The molecule has 0 spiro atoms. The Morgan fingerprint density at radius 1 is 1.86 bits per heavy atom. The summed E-state index contributed by atoms with van der Waals surface area (Å²) in [5, 5.41) is 0. The molecule has 0 atom stereocenters. The Labute approximate surface area is 50.0 Å². The summed E-state index contributed by atoms with van der Waals surface area (Å²) in [4.78, 5) is 3.80.